The molecule has 0 radical (unpaired) electrons. The van der Waals surface area contributed by atoms with Crippen molar-refractivity contribution >= 4 is 142 Å². The molecular formula is C108H87Br2Cl6N13O14. The number of aryl methyl sites for hydroxylation is 11. The summed E-state index contributed by atoms with van der Waals surface area (Å²) in [7, 11) is 0. The molecule has 0 N–H and O–H groups in total. The molecule has 0 saturated heterocycles. The van der Waals surface area contributed by atoms with Crippen molar-refractivity contribution in [2.24, 2.45) is 0 Å². The van der Waals surface area contributed by atoms with Crippen LogP contribution in [0.5, 0.6) is 0 Å². The van der Waals surface area contributed by atoms with E-state index in [1.807, 2.05) is 204 Å². The summed E-state index contributed by atoms with van der Waals surface area (Å²) in [6.07, 6.45) is 14.6. The number of rotatable bonds is 32. The average Bonchev–Trinajstić information content (AvgIpc) is 1.75. The quantitative estimate of drug-likeness (QED) is 0.0163. The van der Waals surface area contributed by atoms with Crippen molar-refractivity contribution in [3.63, 3.8) is 0 Å². The van der Waals surface area contributed by atoms with Crippen molar-refractivity contribution in [3.8, 4) is 67.5 Å². The van der Waals surface area contributed by atoms with Crippen LogP contribution in [-0.4, -0.2) is 100 Å². The molecule has 18 rings (SSSR count). The highest BCUT2D eigenvalue weighted by Crippen LogP contribution is 2.33. The van der Waals surface area contributed by atoms with Crippen molar-refractivity contribution in [1.82, 2.24) is 60.8 Å². The first-order valence-electron chi connectivity index (χ1n) is 44.6. The van der Waals surface area contributed by atoms with Gasteiger partial charge in [0.25, 0.3) is 5.69 Å². The molecule has 0 spiro atoms. The Bertz CT molecular complexity index is 7410. The van der Waals surface area contributed by atoms with Gasteiger partial charge >= 0.3 is 0 Å². The van der Waals surface area contributed by atoms with E-state index < -0.39 is 4.92 Å². The largest absolute Gasteiger partial charge is 0.361 e. The van der Waals surface area contributed by atoms with Crippen molar-refractivity contribution in [1.29, 1.82) is 0 Å². The summed E-state index contributed by atoms with van der Waals surface area (Å²) in [5, 5.41) is 36.4. The van der Waals surface area contributed by atoms with Crippen molar-refractivity contribution in [3.05, 3.63) is 426 Å². The number of nitrogens with zero attached hydrogens (tertiary/aromatic N) is 13. The van der Waals surface area contributed by atoms with Gasteiger partial charge in [0.2, 0.25) is 0 Å². The summed E-state index contributed by atoms with van der Waals surface area (Å²) < 4.78 is 33.7. The van der Waals surface area contributed by atoms with E-state index in [0.29, 0.717) is 146 Å². The molecule has 12 heterocycles. The van der Waals surface area contributed by atoms with Gasteiger partial charge < -0.3 is 27.1 Å². The topological polar surface area (TPSA) is 379 Å². The monoisotopic (exact) mass is 2160 g/mol. The van der Waals surface area contributed by atoms with E-state index in [1.54, 1.807) is 42.9 Å². The SMILES string of the molecule is CCc1ccc(-c2cc(CCC(=O)c3ccc(C)nc3)on2)cc1.Cc1ccc(-c2cc(CCC(=O)c3ccc(C)nc3)on2)cc1.Cc1ccc(C(=O)CCc2cc(-c3ccccc3)no2)cn1.O=C(CCc1cc(-c2ccc([N+](=O)[O-])cc2)no1)c1cc(Cl)cnc1Cl.O=C(CCc1cc(-c2cccc(Br)c2)no1)c1cc(Cl)cnc1Cl.O=C(CCc1cc(-c2ccccc2Br)no1)c1cc(Cl)cnc1Cl. The fourth-order valence-corrected chi connectivity index (χ4v) is 15.7. The number of carbonyl (C=O) groups excluding carboxylic acids is 6. The third kappa shape index (κ3) is 31.8. The number of hydrogen-bond acceptors (Lipinski definition) is 26. The Labute approximate surface area is 867 Å². The molecule has 0 bridgehead atoms. The molecule has 27 nitrogen and oxygen atoms in total. The minimum absolute atomic E-state index is 0.00456. The number of benzene rings is 6. The summed E-state index contributed by atoms with van der Waals surface area (Å²) in [5.41, 5.74) is 17.9. The van der Waals surface area contributed by atoms with Gasteiger partial charge in [-0.05, 0) is 125 Å². The molecule has 0 amide bonds. The first-order chi connectivity index (χ1) is 69.0. The first-order valence-corrected chi connectivity index (χ1v) is 48.5. The minimum Gasteiger partial charge on any atom is -0.361 e. The highest BCUT2D eigenvalue weighted by Gasteiger charge is 2.22. The highest BCUT2D eigenvalue weighted by molar-refractivity contribution is 9.10. The lowest BCUT2D eigenvalue weighted by Crippen LogP contribution is -2.03. The Balaban J connectivity index is 0.000000144. The standard InChI is InChI=1S/C20H20N2O2.C19H18N2O2.C18H16N2O2.2C17H11BrCl2N2O2.C17H11Cl2N3O4/c1-3-15-5-8-16(9-6-15)19-12-18(24-22-19)10-11-20(23)17-7-4-14(2)21-13-17;1-13-3-6-15(7-4-13)18-11-17(23-21-18)9-10-19(22)16-8-5-14(2)20-12-16;1-13-7-8-15(12-19-13)18(21)10-9-16-11-17(20-22-16)14-5-3-2-4-6-14;18-11-3-1-2-10(6-11)15-8-13(24-22-15)4-5-16(23)14-7-12(19)9-21-17(14)20;18-14-4-2-1-3-12(14)15-8-11(24-22-15)5-6-16(23)13-7-10(19)9-21-17(13)20;18-11-7-14(17(19)20-9-11)16(23)6-5-13-8-15(21-26-13)10-1-3-12(4-2-10)22(24)25/h4-9,12-13H,3,10-11H2,1-2H3;3-8,11-12H,9-10H2,1-2H3;2-8,11-12H,9-10H2,1H3;1-3,6-9H,4-5H2;1-4,7-9H,5-6H2;1-4,7-9H,5-6H2. The maximum Gasteiger partial charge on any atom is 0.269 e. The van der Waals surface area contributed by atoms with Gasteiger partial charge in [0.1, 0.15) is 84.2 Å². The van der Waals surface area contributed by atoms with Crippen LogP contribution in [0.2, 0.25) is 30.5 Å². The number of aromatic nitrogens is 12. The van der Waals surface area contributed by atoms with Gasteiger partial charge in [-0.2, -0.15) is 0 Å². The van der Waals surface area contributed by atoms with Crippen LogP contribution in [0.1, 0.15) is 170 Å². The molecule has 143 heavy (non-hydrogen) atoms. The van der Waals surface area contributed by atoms with E-state index in [4.69, 9.17) is 96.7 Å². The van der Waals surface area contributed by atoms with E-state index >= 15 is 0 Å². The van der Waals surface area contributed by atoms with Gasteiger partial charge in [-0.1, -0.05) is 254 Å². The predicted molar refractivity (Wildman–Crippen MR) is 553 cm³/mol. The number of non-ortho nitro benzene ring substituents is 1. The third-order valence-electron chi connectivity index (χ3n) is 21.7. The van der Waals surface area contributed by atoms with Gasteiger partial charge in [-0.25, -0.2) is 15.0 Å². The maximum atomic E-state index is 12.3. The molecule has 35 heteroatoms. The van der Waals surface area contributed by atoms with Crippen LogP contribution < -0.4 is 0 Å². The Morgan fingerprint density at radius 2 is 0.622 bits per heavy atom. The Morgan fingerprint density at radius 1 is 0.315 bits per heavy atom. The van der Waals surface area contributed by atoms with Crippen LogP contribution >= 0.6 is 101 Å². The van der Waals surface area contributed by atoms with Gasteiger partial charge in [-0.3, -0.25) is 53.8 Å². The number of nitro benzene ring substituents is 1. The Morgan fingerprint density at radius 3 is 0.958 bits per heavy atom. The van der Waals surface area contributed by atoms with Crippen LogP contribution in [0.4, 0.5) is 5.69 Å². The van der Waals surface area contributed by atoms with Crippen LogP contribution in [0.15, 0.2) is 316 Å². The molecule has 724 valence electrons. The number of hydrogen-bond donors (Lipinski definition) is 0. The zero-order valence-corrected chi connectivity index (χ0v) is 85.0. The van der Waals surface area contributed by atoms with Gasteiger partial charge in [0, 0.05) is 239 Å². The van der Waals surface area contributed by atoms with E-state index in [1.165, 1.54) is 60.0 Å². The lowest BCUT2D eigenvalue weighted by molar-refractivity contribution is -0.384. The average molecular weight is 2160 g/mol. The summed E-state index contributed by atoms with van der Waals surface area (Å²) in [6, 6.07) is 74.1. The van der Waals surface area contributed by atoms with Crippen molar-refractivity contribution in [2.45, 2.75) is 118 Å². The zero-order chi connectivity index (χ0) is 101. The number of pyridine rings is 6. The number of ketones is 6. The summed E-state index contributed by atoms with van der Waals surface area (Å²) >= 11 is 42.3. The molecule has 18 aromatic rings. The zero-order valence-electron chi connectivity index (χ0n) is 77.3. The van der Waals surface area contributed by atoms with Crippen LogP contribution in [0, 0.1) is 37.8 Å². The number of halogens is 8. The molecule has 12 aromatic heterocycles. The highest BCUT2D eigenvalue weighted by atomic mass is 79.9. The first kappa shape index (κ1) is 106. The second-order valence-electron chi connectivity index (χ2n) is 32.2. The molecule has 0 aliphatic carbocycles. The van der Waals surface area contributed by atoms with E-state index in [2.05, 4.69) is 112 Å². The van der Waals surface area contributed by atoms with Crippen LogP contribution in [0.3, 0.4) is 0 Å². The molecule has 0 saturated carbocycles. The second kappa shape index (κ2) is 52.4. The predicted octanol–water partition coefficient (Wildman–Crippen LogP) is 28.5. The van der Waals surface area contributed by atoms with E-state index in [-0.39, 0.29) is 80.7 Å². The lowest BCUT2D eigenvalue weighted by atomic mass is 10.1. The third-order valence-corrected chi connectivity index (χ3v) is 24.4. The van der Waals surface area contributed by atoms with Gasteiger partial charge in [-0.15, -0.1) is 0 Å². The Kier molecular flexibility index (Phi) is 38.8. The Hall–Kier alpha value is -14.4. The molecular weight excluding hydrogens is 2080 g/mol. The van der Waals surface area contributed by atoms with Crippen LogP contribution in [-0.2, 0) is 44.9 Å². The number of Topliss-reactive ketones (excluding diaryl/α,β-unsaturated/α-hetero) is 6. The fourth-order valence-electron chi connectivity index (χ4n) is 13.7. The molecule has 0 unspecified atom stereocenters. The summed E-state index contributed by atoms with van der Waals surface area (Å²) in [6.45, 7) is 9.87. The minimum atomic E-state index is -0.473. The molecule has 0 aliphatic rings. The van der Waals surface area contributed by atoms with E-state index in [9.17, 15) is 38.9 Å². The van der Waals surface area contributed by atoms with Crippen molar-refractivity contribution in [2.75, 3.05) is 0 Å². The summed E-state index contributed by atoms with van der Waals surface area (Å²) in [5.74, 6) is 3.60. The summed E-state index contributed by atoms with van der Waals surface area (Å²) in [4.78, 5) is 107. The van der Waals surface area contributed by atoms with E-state index in [0.717, 1.165) is 88.8 Å². The normalized spacial score (nSPS) is 10.7. The van der Waals surface area contributed by atoms with Crippen molar-refractivity contribution < 1.29 is 60.8 Å². The molecule has 0 fully saturated rings. The molecule has 0 aliphatic heterocycles. The fraction of sp³-hybridized carbons (Fsp3) is 0.167. The number of carbonyl (C=O) groups is 6. The van der Waals surface area contributed by atoms with Crippen LogP contribution in [0.25, 0.3) is 67.5 Å². The number of nitro groups is 1. The maximum absolute atomic E-state index is 12.3. The second-order valence-corrected chi connectivity index (χ2v) is 36.4. The van der Waals surface area contributed by atoms with Gasteiger partial charge in [0.15, 0.2) is 34.7 Å². The molecule has 6 aromatic carbocycles. The van der Waals surface area contributed by atoms with Gasteiger partial charge in [0.05, 0.1) is 36.7 Å². The lowest BCUT2D eigenvalue weighted by Gasteiger charge is -2.02. The smallest absolute Gasteiger partial charge is 0.269 e. The molecule has 0 atom stereocenters.